The standard InChI is InChI=1S/C24H27N3O3/c1-4-17(2)27-22(14-15-25-27)26-24(29)18(3)30-23(28)16-19-10-12-21(13-11-19)20-8-6-5-7-9-20/h5-15,17-18H,4,16H2,1-3H3,(H,26,29)/t17-,18-/m1/s1. The highest BCUT2D eigenvalue weighted by Gasteiger charge is 2.20. The second-order valence-corrected chi connectivity index (χ2v) is 7.28. The number of aromatic nitrogens is 2. The normalized spacial score (nSPS) is 12.8. The topological polar surface area (TPSA) is 73.2 Å². The third-order valence-electron chi connectivity index (χ3n) is 5.02. The summed E-state index contributed by atoms with van der Waals surface area (Å²) >= 11 is 0. The molecular formula is C24H27N3O3. The molecule has 0 fully saturated rings. The molecule has 156 valence electrons. The SMILES string of the molecule is CC[C@@H](C)n1nccc1NC(=O)[C@@H](C)OC(=O)Cc1ccc(-c2ccccc2)cc1. The van der Waals surface area contributed by atoms with Crippen molar-refractivity contribution in [3.05, 3.63) is 72.4 Å². The number of amides is 1. The number of esters is 1. The van der Waals surface area contributed by atoms with Crippen LogP contribution >= 0.6 is 0 Å². The molecule has 0 aliphatic rings. The summed E-state index contributed by atoms with van der Waals surface area (Å²) in [5.74, 6) is -0.234. The quantitative estimate of drug-likeness (QED) is 0.555. The first-order valence-corrected chi connectivity index (χ1v) is 10.2. The highest BCUT2D eigenvalue weighted by Crippen LogP contribution is 2.20. The Morgan fingerprint density at radius 2 is 1.67 bits per heavy atom. The maximum atomic E-state index is 12.4. The van der Waals surface area contributed by atoms with Crippen LogP contribution in [0.4, 0.5) is 5.82 Å². The Labute approximate surface area is 176 Å². The summed E-state index contributed by atoms with van der Waals surface area (Å²) in [7, 11) is 0. The average Bonchev–Trinajstić information content (AvgIpc) is 3.22. The van der Waals surface area contributed by atoms with E-state index in [4.69, 9.17) is 4.74 Å². The fraction of sp³-hybridized carbons (Fsp3) is 0.292. The fourth-order valence-electron chi connectivity index (χ4n) is 3.07. The summed E-state index contributed by atoms with van der Waals surface area (Å²) < 4.78 is 7.08. The van der Waals surface area contributed by atoms with Crippen molar-refractivity contribution in [2.45, 2.75) is 45.8 Å². The maximum absolute atomic E-state index is 12.4. The second kappa shape index (κ2) is 9.87. The first kappa shape index (κ1) is 21.3. The van der Waals surface area contributed by atoms with Crippen molar-refractivity contribution in [2.75, 3.05) is 5.32 Å². The Balaban J connectivity index is 1.54. The molecule has 3 rings (SSSR count). The van der Waals surface area contributed by atoms with Gasteiger partial charge in [-0.25, -0.2) is 4.68 Å². The Morgan fingerprint density at radius 1 is 1.00 bits per heavy atom. The Hall–Kier alpha value is -3.41. The molecule has 1 aromatic heterocycles. The van der Waals surface area contributed by atoms with E-state index in [0.717, 1.165) is 23.1 Å². The minimum atomic E-state index is -0.902. The van der Waals surface area contributed by atoms with Crippen molar-refractivity contribution in [1.29, 1.82) is 0 Å². The summed E-state index contributed by atoms with van der Waals surface area (Å²) in [5.41, 5.74) is 3.04. The smallest absolute Gasteiger partial charge is 0.311 e. The van der Waals surface area contributed by atoms with Crippen molar-refractivity contribution in [3.63, 3.8) is 0 Å². The molecule has 0 radical (unpaired) electrons. The minimum Gasteiger partial charge on any atom is -0.452 e. The summed E-state index contributed by atoms with van der Waals surface area (Å²) in [6.45, 7) is 5.64. The van der Waals surface area contributed by atoms with Crippen molar-refractivity contribution in [3.8, 4) is 11.1 Å². The molecule has 6 nitrogen and oxygen atoms in total. The predicted octanol–water partition coefficient (Wildman–Crippen LogP) is 4.63. The van der Waals surface area contributed by atoms with E-state index >= 15 is 0 Å². The van der Waals surface area contributed by atoms with E-state index in [1.54, 1.807) is 23.9 Å². The van der Waals surface area contributed by atoms with Crippen molar-refractivity contribution in [1.82, 2.24) is 9.78 Å². The largest absolute Gasteiger partial charge is 0.452 e. The number of carbonyl (C=O) groups is 2. The van der Waals surface area contributed by atoms with E-state index < -0.39 is 12.1 Å². The molecule has 0 saturated carbocycles. The minimum absolute atomic E-state index is 0.109. The van der Waals surface area contributed by atoms with Gasteiger partial charge in [-0.3, -0.25) is 9.59 Å². The van der Waals surface area contributed by atoms with Gasteiger partial charge in [0.1, 0.15) is 5.82 Å². The molecule has 1 N–H and O–H groups in total. The lowest BCUT2D eigenvalue weighted by molar-refractivity contribution is -0.152. The van der Waals surface area contributed by atoms with Crippen LogP contribution < -0.4 is 5.32 Å². The molecule has 30 heavy (non-hydrogen) atoms. The maximum Gasteiger partial charge on any atom is 0.311 e. The number of ether oxygens (including phenoxy) is 1. The first-order valence-electron chi connectivity index (χ1n) is 10.2. The van der Waals surface area contributed by atoms with Crippen LogP contribution in [0, 0.1) is 0 Å². The van der Waals surface area contributed by atoms with Gasteiger partial charge in [0.15, 0.2) is 6.10 Å². The Bertz CT molecular complexity index is 980. The molecule has 0 unspecified atom stereocenters. The monoisotopic (exact) mass is 405 g/mol. The van der Waals surface area contributed by atoms with Gasteiger partial charge in [0.2, 0.25) is 0 Å². The van der Waals surface area contributed by atoms with E-state index in [-0.39, 0.29) is 18.4 Å². The lowest BCUT2D eigenvalue weighted by Gasteiger charge is -2.17. The van der Waals surface area contributed by atoms with Crippen LogP contribution in [0.5, 0.6) is 0 Å². The zero-order valence-electron chi connectivity index (χ0n) is 17.5. The Kier molecular flexibility index (Phi) is 7.01. The molecule has 0 spiro atoms. The Morgan fingerprint density at radius 3 is 2.33 bits per heavy atom. The van der Waals surface area contributed by atoms with Crippen LogP contribution in [0.3, 0.4) is 0 Å². The van der Waals surface area contributed by atoms with Gasteiger partial charge in [0.05, 0.1) is 18.7 Å². The second-order valence-electron chi connectivity index (χ2n) is 7.28. The van der Waals surface area contributed by atoms with Crippen LogP contribution in [0.2, 0.25) is 0 Å². The van der Waals surface area contributed by atoms with Crippen LogP contribution in [0.15, 0.2) is 66.9 Å². The van der Waals surface area contributed by atoms with Crippen LogP contribution in [0.25, 0.3) is 11.1 Å². The van der Waals surface area contributed by atoms with E-state index in [2.05, 4.69) is 17.3 Å². The molecule has 6 heteroatoms. The third-order valence-corrected chi connectivity index (χ3v) is 5.02. The molecule has 1 heterocycles. The zero-order valence-corrected chi connectivity index (χ0v) is 17.5. The molecule has 1 amide bonds. The zero-order chi connectivity index (χ0) is 21.5. The fourth-order valence-corrected chi connectivity index (χ4v) is 3.07. The van der Waals surface area contributed by atoms with Crippen molar-refractivity contribution >= 4 is 17.7 Å². The number of nitrogens with zero attached hydrogens (tertiary/aromatic N) is 2. The highest BCUT2D eigenvalue weighted by atomic mass is 16.5. The van der Waals surface area contributed by atoms with Crippen LogP contribution in [-0.2, 0) is 20.7 Å². The molecule has 2 aromatic carbocycles. The van der Waals surface area contributed by atoms with Crippen LogP contribution in [-0.4, -0.2) is 27.8 Å². The molecule has 0 saturated heterocycles. The summed E-state index contributed by atoms with van der Waals surface area (Å²) in [6, 6.07) is 19.7. The molecule has 0 aliphatic carbocycles. The number of hydrogen-bond acceptors (Lipinski definition) is 4. The van der Waals surface area contributed by atoms with Gasteiger partial charge in [-0.1, -0.05) is 61.5 Å². The van der Waals surface area contributed by atoms with Crippen LogP contribution in [0.1, 0.15) is 38.8 Å². The first-order chi connectivity index (χ1) is 14.5. The van der Waals surface area contributed by atoms with Gasteiger partial charge in [0.25, 0.3) is 5.91 Å². The van der Waals surface area contributed by atoms with Gasteiger partial charge in [-0.05, 0) is 37.0 Å². The molecule has 2 atom stereocenters. The van der Waals surface area contributed by atoms with Gasteiger partial charge < -0.3 is 10.1 Å². The number of rotatable bonds is 8. The number of carbonyl (C=O) groups excluding carboxylic acids is 2. The predicted molar refractivity (Wildman–Crippen MR) is 117 cm³/mol. The van der Waals surface area contributed by atoms with Gasteiger partial charge >= 0.3 is 5.97 Å². The molecule has 3 aromatic rings. The van der Waals surface area contributed by atoms with E-state index in [9.17, 15) is 9.59 Å². The third kappa shape index (κ3) is 5.35. The van der Waals surface area contributed by atoms with Crippen molar-refractivity contribution in [2.24, 2.45) is 0 Å². The number of nitrogens with one attached hydrogen (secondary N) is 1. The van der Waals surface area contributed by atoms with Gasteiger partial charge in [0, 0.05) is 6.07 Å². The molecular weight excluding hydrogens is 378 g/mol. The lowest BCUT2D eigenvalue weighted by atomic mass is 10.0. The number of hydrogen-bond donors (Lipinski definition) is 1. The summed E-state index contributed by atoms with van der Waals surface area (Å²) in [6.07, 6.45) is 1.73. The number of anilines is 1. The summed E-state index contributed by atoms with van der Waals surface area (Å²) in [4.78, 5) is 24.7. The van der Waals surface area contributed by atoms with Gasteiger partial charge in [-0.15, -0.1) is 0 Å². The molecule has 0 aliphatic heterocycles. The molecule has 0 bridgehead atoms. The van der Waals surface area contributed by atoms with Crippen molar-refractivity contribution < 1.29 is 14.3 Å². The highest BCUT2D eigenvalue weighted by molar-refractivity contribution is 5.94. The summed E-state index contributed by atoms with van der Waals surface area (Å²) in [5, 5.41) is 7.02. The number of benzene rings is 2. The van der Waals surface area contributed by atoms with E-state index in [1.165, 1.54) is 0 Å². The van der Waals surface area contributed by atoms with E-state index in [1.807, 2.05) is 61.5 Å². The average molecular weight is 405 g/mol. The lowest BCUT2D eigenvalue weighted by Crippen LogP contribution is -2.31. The van der Waals surface area contributed by atoms with E-state index in [0.29, 0.717) is 5.82 Å². The van der Waals surface area contributed by atoms with Gasteiger partial charge in [-0.2, -0.15) is 5.10 Å².